The van der Waals surface area contributed by atoms with E-state index in [2.05, 4.69) is 9.97 Å². The van der Waals surface area contributed by atoms with Crippen LogP contribution in [0, 0.1) is 12.8 Å². The van der Waals surface area contributed by atoms with E-state index in [4.69, 9.17) is 0 Å². The molecular weight excluding hydrogens is 613 g/mol. The number of piperidine rings is 2. The number of aliphatic hydroxyl groups is 1. The first-order chi connectivity index (χ1) is 22.7. The number of carbonyl (C=O) groups excluding carboxylic acids is 2. The van der Waals surface area contributed by atoms with Gasteiger partial charge < -0.3 is 19.5 Å². The molecule has 4 aromatic heterocycles. The minimum absolute atomic E-state index is 0.0189. The van der Waals surface area contributed by atoms with Crippen molar-refractivity contribution in [2.75, 3.05) is 26.2 Å². The lowest BCUT2D eigenvalue weighted by atomic mass is 9.79. The number of hydrogen-bond donors (Lipinski definition) is 1. The SMILES string of the molecule is Cc1ccc(-c2csc(C(=O)N3CC[C@@H](C(=O)N4CCC(O)(Cn5cnc6c(ccn6C)c5=O)CC4)[C@H](c4ccccc4)C3)c2)cn1. The van der Waals surface area contributed by atoms with Crippen molar-refractivity contribution in [3.05, 3.63) is 105 Å². The normalized spacial score (nSPS) is 19.6. The predicted octanol–water partition coefficient (Wildman–Crippen LogP) is 4.47. The maximum atomic E-state index is 14.1. The van der Waals surface area contributed by atoms with Gasteiger partial charge in [0.05, 0.1) is 22.4 Å². The number of carbonyl (C=O) groups is 2. The lowest BCUT2D eigenvalue weighted by molar-refractivity contribution is -0.142. The van der Waals surface area contributed by atoms with Gasteiger partial charge in [0.1, 0.15) is 12.0 Å². The summed E-state index contributed by atoms with van der Waals surface area (Å²) in [6.45, 7) is 3.82. The van der Waals surface area contributed by atoms with E-state index in [1.165, 1.54) is 22.2 Å². The summed E-state index contributed by atoms with van der Waals surface area (Å²) in [5.41, 5.74) is 3.25. The molecule has 0 spiro atoms. The molecule has 2 saturated heterocycles. The number of likely N-dealkylation sites (tertiary alicyclic amines) is 2. The van der Waals surface area contributed by atoms with Gasteiger partial charge in [-0.25, -0.2) is 4.98 Å². The van der Waals surface area contributed by atoms with Crippen LogP contribution in [-0.2, 0) is 18.4 Å². The highest BCUT2D eigenvalue weighted by Gasteiger charge is 2.42. The maximum absolute atomic E-state index is 14.1. The monoisotopic (exact) mass is 650 g/mol. The van der Waals surface area contributed by atoms with E-state index in [1.54, 1.807) is 16.8 Å². The fourth-order valence-electron chi connectivity index (χ4n) is 7.01. The summed E-state index contributed by atoms with van der Waals surface area (Å²) in [7, 11) is 1.84. The van der Waals surface area contributed by atoms with Crippen LogP contribution in [0.5, 0.6) is 0 Å². The van der Waals surface area contributed by atoms with Gasteiger partial charge in [-0.3, -0.25) is 23.9 Å². The summed E-state index contributed by atoms with van der Waals surface area (Å²) in [4.78, 5) is 54.1. The van der Waals surface area contributed by atoms with Crippen LogP contribution in [0.15, 0.2) is 83.5 Å². The van der Waals surface area contributed by atoms with Gasteiger partial charge in [0.2, 0.25) is 5.91 Å². The largest absolute Gasteiger partial charge is 0.388 e. The summed E-state index contributed by atoms with van der Waals surface area (Å²) < 4.78 is 3.28. The number of aromatic nitrogens is 4. The fourth-order valence-corrected chi connectivity index (χ4v) is 7.89. The smallest absolute Gasteiger partial charge is 0.263 e. The summed E-state index contributed by atoms with van der Waals surface area (Å²) in [5, 5.41) is 14.0. The van der Waals surface area contributed by atoms with E-state index < -0.39 is 5.60 Å². The number of thiophene rings is 1. The van der Waals surface area contributed by atoms with Crippen molar-refractivity contribution in [3.8, 4) is 11.1 Å². The minimum Gasteiger partial charge on any atom is -0.388 e. The molecule has 0 bridgehead atoms. The first-order valence-electron chi connectivity index (χ1n) is 16.1. The molecule has 2 amide bonds. The Morgan fingerprint density at radius 2 is 1.79 bits per heavy atom. The van der Waals surface area contributed by atoms with Crippen LogP contribution in [-0.4, -0.2) is 77.6 Å². The van der Waals surface area contributed by atoms with Crippen LogP contribution in [0.3, 0.4) is 0 Å². The molecule has 1 aromatic carbocycles. The number of hydrogen-bond acceptors (Lipinski definition) is 7. The van der Waals surface area contributed by atoms with E-state index in [0.29, 0.717) is 61.4 Å². The first kappa shape index (κ1) is 31.0. The Labute approximate surface area is 276 Å². The Bertz CT molecular complexity index is 1970. The number of pyridine rings is 1. The zero-order valence-corrected chi connectivity index (χ0v) is 27.4. The summed E-state index contributed by atoms with van der Waals surface area (Å²) in [6, 6.07) is 17.7. The average Bonchev–Trinajstić information content (AvgIpc) is 3.74. The Balaban J connectivity index is 1.04. The average molecular weight is 651 g/mol. The quantitative estimate of drug-likeness (QED) is 0.290. The highest BCUT2D eigenvalue weighted by atomic mass is 32.1. The molecule has 7 rings (SSSR count). The Hall–Kier alpha value is -4.61. The zero-order chi connectivity index (χ0) is 32.7. The molecule has 6 heterocycles. The molecule has 0 saturated carbocycles. The second-order valence-corrected chi connectivity index (χ2v) is 13.9. The predicted molar refractivity (Wildman–Crippen MR) is 181 cm³/mol. The van der Waals surface area contributed by atoms with E-state index in [9.17, 15) is 19.5 Å². The third kappa shape index (κ3) is 6.13. The number of fused-ring (bicyclic) bond motifs is 1. The molecular formula is C36H38N6O4S. The molecule has 2 atom stereocenters. The molecule has 2 aliphatic rings. The molecule has 0 aliphatic carbocycles. The van der Waals surface area contributed by atoms with Gasteiger partial charge in [0.25, 0.3) is 11.5 Å². The van der Waals surface area contributed by atoms with Crippen LogP contribution in [0.25, 0.3) is 22.2 Å². The molecule has 2 fully saturated rings. The molecule has 0 unspecified atom stereocenters. The van der Waals surface area contributed by atoms with Crippen LogP contribution >= 0.6 is 11.3 Å². The first-order valence-corrected chi connectivity index (χ1v) is 16.9. The van der Waals surface area contributed by atoms with Crippen molar-refractivity contribution in [1.29, 1.82) is 0 Å². The van der Waals surface area contributed by atoms with Gasteiger partial charge in [-0.15, -0.1) is 11.3 Å². The lowest BCUT2D eigenvalue weighted by Crippen LogP contribution is -2.53. The molecule has 5 aromatic rings. The molecule has 0 radical (unpaired) electrons. The standard InChI is InChI=1S/C36H38N6O4S/c1-24-8-9-26(19-37-24)27-18-31(47-21-27)35(45)41-15-11-28(30(20-41)25-6-4-3-5-7-25)33(43)40-16-12-36(46,13-17-40)22-42-23-38-32-29(34(42)44)10-14-39(32)2/h3-10,14,18-19,21,23,28,30,46H,11-13,15-17,20,22H2,1-2H3/t28-,30+/m1/s1. The lowest BCUT2D eigenvalue weighted by Gasteiger charge is -2.43. The Morgan fingerprint density at radius 1 is 1.00 bits per heavy atom. The highest BCUT2D eigenvalue weighted by molar-refractivity contribution is 7.12. The summed E-state index contributed by atoms with van der Waals surface area (Å²) in [6.07, 6.45) is 6.41. The fraction of sp³-hybridized carbons (Fsp3) is 0.361. The number of aryl methyl sites for hydroxylation is 2. The summed E-state index contributed by atoms with van der Waals surface area (Å²) >= 11 is 1.44. The van der Waals surface area contributed by atoms with E-state index in [0.717, 1.165) is 22.4 Å². The molecule has 1 N–H and O–H groups in total. The van der Waals surface area contributed by atoms with E-state index in [1.807, 2.05) is 83.9 Å². The molecule has 242 valence electrons. The summed E-state index contributed by atoms with van der Waals surface area (Å²) in [5.74, 6) is -0.389. The van der Waals surface area contributed by atoms with Crippen LogP contribution in [0.1, 0.15) is 46.1 Å². The zero-order valence-electron chi connectivity index (χ0n) is 26.6. The van der Waals surface area contributed by atoms with E-state index in [-0.39, 0.29) is 35.8 Å². The Kier molecular flexibility index (Phi) is 8.27. The van der Waals surface area contributed by atoms with Crippen molar-refractivity contribution in [1.82, 2.24) is 28.9 Å². The topological polar surface area (TPSA) is 114 Å². The molecule has 2 aliphatic heterocycles. The second kappa shape index (κ2) is 12.5. The van der Waals surface area contributed by atoms with Gasteiger partial charge in [-0.05, 0) is 60.9 Å². The van der Waals surface area contributed by atoms with Crippen LogP contribution < -0.4 is 5.56 Å². The van der Waals surface area contributed by atoms with Gasteiger partial charge in [0, 0.05) is 68.7 Å². The number of nitrogens with zero attached hydrogens (tertiary/aromatic N) is 6. The van der Waals surface area contributed by atoms with Crippen molar-refractivity contribution < 1.29 is 14.7 Å². The highest BCUT2D eigenvalue weighted by Crippen LogP contribution is 2.37. The van der Waals surface area contributed by atoms with Crippen LogP contribution in [0.2, 0.25) is 0 Å². The molecule has 11 heteroatoms. The minimum atomic E-state index is -1.12. The van der Waals surface area contributed by atoms with Crippen molar-refractivity contribution >= 4 is 34.2 Å². The second-order valence-electron chi connectivity index (χ2n) is 12.9. The van der Waals surface area contributed by atoms with Gasteiger partial charge >= 0.3 is 0 Å². The van der Waals surface area contributed by atoms with Crippen LogP contribution in [0.4, 0.5) is 0 Å². The Morgan fingerprint density at radius 3 is 2.53 bits per heavy atom. The molecule has 10 nitrogen and oxygen atoms in total. The van der Waals surface area contributed by atoms with Gasteiger partial charge in [-0.2, -0.15) is 0 Å². The van der Waals surface area contributed by atoms with Crippen molar-refractivity contribution in [2.45, 2.75) is 44.2 Å². The third-order valence-corrected chi connectivity index (χ3v) is 10.7. The van der Waals surface area contributed by atoms with E-state index >= 15 is 0 Å². The maximum Gasteiger partial charge on any atom is 0.263 e. The van der Waals surface area contributed by atoms with Crippen molar-refractivity contribution in [3.63, 3.8) is 0 Å². The third-order valence-electron chi connectivity index (χ3n) is 9.82. The van der Waals surface area contributed by atoms with Crippen molar-refractivity contribution in [2.24, 2.45) is 13.0 Å². The van der Waals surface area contributed by atoms with Gasteiger partial charge in [0.15, 0.2) is 0 Å². The number of benzene rings is 1. The molecule has 47 heavy (non-hydrogen) atoms. The number of amides is 2. The van der Waals surface area contributed by atoms with Gasteiger partial charge in [-0.1, -0.05) is 36.4 Å². The number of rotatable bonds is 6.